The quantitative estimate of drug-likeness (QED) is 0.655. The Labute approximate surface area is 139 Å². The maximum atomic E-state index is 12.2. The van der Waals surface area contributed by atoms with Gasteiger partial charge in [-0.15, -0.1) is 0 Å². The van der Waals surface area contributed by atoms with Gasteiger partial charge >= 0.3 is 0 Å². The maximum Gasteiger partial charge on any atom is 0.266 e. The van der Waals surface area contributed by atoms with Crippen molar-refractivity contribution in [1.29, 1.82) is 5.26 Å². The van der Waals surface area contributed by atoms with Crippen molar-refractivity contribution in [3.05, 3.63) is 63.7 Å². The second-order valence-electron chi connectivity index (χ2n) is 5.13. The monoisotopic (exact) mass is 326 g/mol. The number of carbonyl (C=O) groups is 1. The van der Waals surface area contributed by atoms with E-state index in [9.17, 15) is 15.2 Å². The van der Waals surface area contributed by atoms with Crippen LogP contribution >= 0.6 is 11.6 Å². The van der Waals surface area contributed by atoms with Crippen LogP contribution in [0.25, 0.3) is 6.08 Å². The number of nitrogens with one attached hydrogen (secondary N) is 1. The normalized spacial score (nSPS) is 11.0. The summed E-state index contributed by atoms with van der Waals surface area (Å²) in [7, 11) is 0. The van der Waals surface area contributed by atoms with E-state index in [4.69, 9.17) is 11.6 Å². The van der Waals surface area contributed by atoms with Crippen molar-refractivity contribution < 1.29 is 9.90 Å². The summed E-state index contributed by atoms with van der Waals surface area (Å²) < 4.78 is 0. The number of rotatable bonds is 3. The molecule has 0 saturated heterocycles. The minimum Gasteiger partial charge on any atom is -0.506 e. The molecule has 0 saturated carbocycles. The predicted molar refractivity (Wildman–Crippen MR) is 91.3 cm³/mol. The Balaban J connectivity index is 2.24. The molecule has 0 heterocycles. The van der Waals surface area contributed by atoms with Crippen LogP contribution in [0.4, 0.5) is 5.69 Å². The minimum atomic E-state index is -0.500. The smallest absolute Gasteiger partial charge is 0.266 e. The number of nitriles is 1. The van der Waals surface area contributed by atoms with Gasteiger partial charge < -0.3 is 10.4 Å². The Morgan fingerprint density at radius 2 is 1.96 bits per heavy atom. The maximum absolute atomic E-state index is 12.2. The third-order valence-electron chi connectivity index (χ3n) is 3.41. The van der Waals surface area contributed by atoms with Crippen molar-refractivity contribution in [2.75, 3.05) is 5.32 Å². The number of aromatic hydroxyl groups is 1. The van der Waals surface area contributed by atoms with E-state index in [0.29, 0.717) is 11.3 Å². The van der Waals surface area contributed by atoms with Crippen molar-refractivity contribution in [2.24, 2.45) is 0 Å². The molecule has 2 aromatic rings. The fraction of sp³-hybridized carbons (Fsp3) is 0.111. The number of hydrogen-bond donors (Lipinski definition) is 2. The van der Waals surface area contributed by atoms with Crippen molar-refractivity contribution >= 4 is 29.3 Å². The summed E-state index contributed by atoms with van der Waals surface area (Å²) in [5, 5.41) is 21.4. The fourth-order valence-corrected chi connectivity index (χ4v) is 2.13. The number of halogens is 1. The van der Waals surface area contributed by atoms with Crippen LogP contribution in [0.15, 0.2) is 42.0 Å². The van der Waals surface area contributed by atoms with E-state index in [-0.39, 0.29) is 16.3 Å². The number of carbonyl (C=O) groups excluding carboxylic acids is 1. The lowest BCUT2D eigenvalue weighted by Gasteiger charge is -2.07. The van der Waals surface area contributed by atoms with Gasteiger partial charge in [0.2, 0.25) is 0 Å². The van der Waals surface area contributed by atoms with Gasteiger partial charge in [0.15, 0.2) is 0 Å². The zero-order valence-electron chi connectivity index (χ0n) is 12.7. The van der Waals surface area contributed by atoms with E-state index in [0.717, 1.165) is 11.1 Å². The van der Waals surface area contributed by atoms with Gasteiger partial charge in [-0.25, -0.2) is 0 Å². The number of amides is 1. The molecule has 2 rings (SSSR count). The first-order valence-electron chi connectivity index (χ1n) is 6.89. The largest absolute Gasteiger partial charge is 0.506 e. The number of benzene rings is 2. The SMILES string of the molecule is Cc1ccc(NC(=O)/C(C#N)=C\c2ccc(O)c(Cl)c2)cc1C. The fourth-order valence-electron chi connectivity index (χ4n) is 1.95. The summed E-state index contributed by atoms with van der Waals surface area (Å²) >= 11 is 5.82. The van der Waals surface area contributed by atoms with Crippen LogP contribution in [0.3, 0.4) is 0 Å². The highest BCUT2D eigenvalue weighted by atomic mass is 35.5. The Kier molecular flexibility index (Phi) is 5.05. The van der Waals surface area contributed by atoms with Crippen LogP contribution in [0, 0.1) is 25.2 Å². The lowest BCUT2D eigenvalue weighted by atomic mass is 10.1. The summed E-state index contributed by atoms with van der Waals surface area (Å²) in [5.41, 5.74) is 3.31. The molecule has 0 radical (unpaired) electrons. The third-order valence-corrected chi connectivity index (χ3v) is 3.72. The van der Waals surface area contributed by atoms with Gasteiger partial charge in [-0.3, -0.25) is 4.79 Å². The number of nitrogens with zero attached hydrogens (tertiary/aromatic N) is 1. The van der Waals surface area contributed by atoms with Crippen molar-refractivity contribution in [1.82, 2.24) is 0 Å². The zero-order valence-corrected chi connectivity index (χ0v) is 13.5. The molecule has 0 aliphatic rings. The highest BCUT2D eigenvalue weighted by Crippen LogP contribution is 2.25. The Hall–Kier alpha value is -2.77. The molecule has 116 valence electrons. The van der Waals surface area contributed by atoms with Crippen LogP contribution in [0.5, 0.6) is 5.75 Å². The summed E-state index contributed by atoms with van der Waals surface area (Å²) in [5.74, 6) is -0.554. The Morgan fingerprint density at radius 3 is 2.57 bits per heavy atom. The number of hydrogen-bond acceptors (Lipinski definition) is 3. The average Bonchev–Trinajstić information content (AvgIpc) is 2.52. The molecule has 2 N–H and O–H groups in total. The van der Waals surface area contributed by atoms with E-state index < -0.39 is 5.91 Å². The van der Waals surface area contributed by atoms with Gasteiger partial charge in [0, 0.05) is 5.69 Å². The van der Waals surface area contributed by atoms with Crippen molar-refractivity contribution in [3.63, 3.8) is 0 Å². The molecule has 4 nitrogen and oxygen atoms in total. The number of aryl methyl sites for hydroxylation is 2. The van der Waals surface area contributed by atoms with Crippen LogP contribution in [-0.4, -0.2) is 11.0 Å². The van der Waals surface area contributed by atoms with E-state index >= 15 is 0 Å². The first-order valence-corrected chi connectivity index (χ1v) is 7.27. The Bertz CT molecular complexity index is 835. The van der Waals surface area contributed by atoms with Gasteiger partial charge in [-0.05, 0) is 60.9 Å². The van der Waals surface area contributed by atoms with Gasteiger partial charge in [-0.2, -0.15) is 5.26 Å². The average molecular weight is 327 g/mol. The molecule has 0 fully saturated rings. The molecule has 23 heavy (non-hydrogen) atoms. The highest BCUT2D eigenvalue weighted by Gasteiger charge is 2.10. The summed E-state index contributed by atoms with van der Waals surface area (Å²) in [6.45, 7) is 3.93. The van der Waals surface area contributed by atoms with E-state index in [1.54, 1.807) is 12.1 Å². The molecule has 0 bridgehead atoms. The van der Waals surface area contributed by atoms with Crippen molar-refractivity contribution in [3.8, 4) is 11.8 Å². The molecule has 0 unspecified atom stereocenters. The van der Waals surface area contributed by atoms with E-state index in [1.807, 2.05) is 32.0 Å². The lowest BCUT2D eigenvalue weighted by molar-refractivity contribution is -0.112. The molecule has 0 aliphatic carbocycles. The van der Waals surface area contributed by atoms with Gasteiger partial charge in [-0.1, -0.05) is 23.7 Å². The first-order chi connectivity index (χ1) is 10.9. The summed E-state index contributed by atoms with van der Waals surface area (Å²) in [4.78, 5) is 12.2. The first kappa shape index (κ1) is 16.6. The predicted octanol–water partition coefficient (Wildman–Crippen LogP) is 4.21. The minimum absolute atomic E-state index is 0.0509. The topological polar surface area (TPSA) is 73.1 Å². The number of anilines is 1. The zero-order chi connectivity index (χ0) is 17.0. The number of phenols is 1. The molecule has 0 atom stereocenters. The molecule has 5 heteroatoms. The van der Waals surface area contributed by atoms with Crippen LogP contribution in [0.2, 0.25) is 5.02 Å². The summed E-state index contributed by atoms with van der Waals surface area (Å²) in [6, 6.07) is 11.9. The molecule has 0 aliphatic heterocycles. The van der Waals surface area contributed by atoms with Gasteiger partial charge in [0.05, 0.1) is 5.02 Å². The molecular weight excluding hydrogens is 312 g/mol. The summed E-state index contributed by atoms with van der Waals surface area (Å²) in [6.07, 6.45) is 1.42. The highest BCUT2D eigenvalue weighted by molar-refractivity contribution is 6.32. The van der Waals surface area contributed by atoms with Crippen LogP contribution < -0.4 is 5.32 Å². The molecular formula is C18H15ClN2O2. The van der Waals surface area contributed by atoms with E-state index in [1.165, 1.54) is 18.2 Å². The second-order valence-corrected chi connectivity index (χ2v) is 5.54. The standard InChI is InChI=1S/C18H15ClN2O2/c1-11-3-5-15(7-12(11)2)21-18(23)14(10-20)8-13-4-6-17(22)16(19)9-13/h3-9,22H,1-2H3,(H,21,23)/b14-8-. The molecule has 2 aromatic carbocycles. The molecule has 1 amide bonds. The van der Waals surface area contributed by atoms with Crippen LogP contribution in [0.1, 0.15) is 16.7 Å². The third kappa shape index (κ3) is 4.12. The van der Waals surface area contributed by atoms with Crippen molar-refractivity contribution in [2.45, 2.75) is 13.8 Å². The molecule has 0 spiro atoms. The van der Waals surface area contributed by atoms with Gasteiger partial charge in [0.25, 0.3) is 5.91 Å². The molecule has 0 aromatic heterocycles. The van der Waals surface area contributed by atoms with Gasteiger partial charge in [0.1, 0.15) is 17.4 Å². The number of phenolic OH excluding ortho intramolecular Hbond substituents is 1. The lowest BCUT2D eigenvalue weighted by Crippen LogP contribution is -2.13. The van der Waals surface area contributed by atoms with E-state index in [2.05, 4.69) is 5.32 Å². The Morgan fingerprint density at radius 1 is 1.22 bits per heavy atom. The second kappa shape index (κ2) is 6.99. The van der Waals surface area contributed by atoms with Crippen LogP contribution in [-0.2, 0) is 4.79 Å².